The number of carboxylic acid groups (broad SMARTS) is 1. The van der Waals surface area contributed by atoms with Gasteiger partial charge >= 0.3 is 5.97 Å². The number of rotatable bonds is 9. The summed E-state index contributed by atoms with van der Waals surface area (Å²) >= 11 is 0. The van der Waals surface area contributed by atoms with Crippen LogP contribution in [0, 0.1) is 5.92 Å². The Hall–Kier alpha value is -0.610. The monoisotopic (exact) mass is 285 g/mol. The molecule has 0 aromatic heterocycles. The number of hydrogen-bond acceptors (Lipinski definition) is 3. The van der Waals surface area contributed by atoms with Crippen LogP contribution in [0.3, 0.4) is 0 Å². The summed E-state index contributed by atoms with van der Waals surface area (Å²) in [5, 5.41) is 8.61. The maximum atomic E-state index is 10.5. The zero-order valence-electron chi connectivity index (χ0n) is 13.3. The van der Waals surface area contributed by atoms with Gasteiger partial charge in [0.1, 0.15) is 0 Å². The number of likely N-dealkylation sites (tertiary alicyclic amines) is 1. The molecule has 0 radical (unpaired) electrons. The molecule has 20 heavy (non-hydrogen) atoms. The minimum Gasteiger partial charge on any atom is -0.481 e. The van der Waals surface area contributed by atoms with Crippen LogP contribution in [0.4, 0.5) is 0 Å². The van der Waals surface area contributed by atoms with Gasteiger partial charge in [-0.15, -0.1) is 0 Å². The van der Waals surface area contributed by atoms with Crippen LogP contribution in [0.15, 0.2) is 0 Å². The van der Waals surface area contributed by atoms with Gasteiger partial charge in [0.15, 0.2) is 0 Å². The summed E-state index contributed by atoms with van der Waals surface area (Å²) < 4.78 is 5.65. The molecule has 1 aliphatic heterocycles. The highest BCUT2D eigenvalue weighted by atomic mass is 16.5. The van der Waals surface area contributed by atoms with Crippen LogP contribution in [0.5, 0.6) is 0 Å². The lowest BCUT2D eigenvalue weighted by Crippen LogP contribution is -2.43. The van der Waals surface area contributed by atoms with Gasteiger partial charge in [0.05, 0.1) is 19.1 Å². The van der Waals surface area contributed by atoms with Crippen molar-refractivity contribution in [2.24, 2.45) is 5.92 Å². The summed E-state index contributed by atoms with van der Waals surface area (Å²) in [4.78, 5) is 13.1. The van der Waals surface area contributed by atoms with Gasteiger partial charge in [-0.05, 0) is 31.6 Å². The van der Waals surface area contributed by atoms with E-state index in [-0.39, 0.29) is 12.5 Å². The van der Waals surface area contributed by atoms with Crippen LogP contribution in [0.25, 0.3) is 0 Å². The molecule has 0 aromatic rings. The molecule has 2 atom stereocenters. The second-order valence-electron chi connectivity index (χ2n) is 6.06. The molecule has 4 nitrogen and oxygen atoms in total. The SMILES string of the molecule is CCC(C)CC(CC)N1CCC(OCCC(=O)O)CC1. The molecule has 0 saturated carbocycles. The highest BCUT2D eigenvalue weighted by molar-refractivity contribution is 5.66. The minimum absolute atomic E-state index is 0.117. The van der Waals surface area contributed by atoms with Gasteiger partial charge < -0.3 is 14.7 Å². The van der Waals surface area contributed by atoms with Crippen molar-refractivity contribution in [1.82, 2.24) is 4.90 Å². The molecule has 1 N–H and O–H groups in total. The Morgan fingerprint density at radius 2 is 1.95 bits per heavy atom. The highest BCUT2D eigenvalue weighted by Crippen LogP contribution is 2.22. The summed E-state index contributed by atoms with van der Waals surface area (Å²) in [5.74, 6) is 0.0199. The third-order valence-electron chi connectivity index (χ3n) is 4.51. The topological polar surface area (TPSA) is 49.8 Å². The first-order valence-corrected chi connectivity index (χ1v) is 8.14. The average Bonchev–Trinajstić information content (AvgIpc) is 2.45. The maximum absolute atomic E-state index is 10.5. The molecule has 0 spiro atoms. The van der Waals surface area contributed by atoms with Gasteiger partial charge in [-0.2, -0.15) is 0 Å². The summed E-state index contributed by atoms with van der Waals surface area (Å²) in [7, 11) is 0. The van der Waals surface area contributed by atoms with Crippen LogP contribution in [0.1, 0.15) is 59.3 Å². The number of ether oxygens (including phenoxy) is 1. The lowest BCUT2D eigenvalue weighted by Gasteiger charge is -2.38. The third-order valence-corrected chi connectivity index (χ3v) is 4.51. The zero-order chi connectivity index (χ0) is 15.0. The van der Waals surface area contributed by atoms with Crippen LogP contribution in [-0.2, 0) is 9.53 Å². The van der Waals surface area contributed by atoms with E-state index in [1.54, 1.807) is 0 Å². The number of carboxylic acids is 1. The normalized spacial score (nSPS) is 20.8. The van der Waals surface area contributed by atoms with Crippen molar-refractivity contribution in [3.8, 4) is 0 Å². The molecule has 2 unspecified atom stereocenters. The molecule has 4 heteroatoms. The fourth-order valence-electron chi connectivity index (χ4n) is 2.93. The van der Waals surface area contributed by atoms with E-state index in [9.17, 15) is 4.79 Å². The lowest BCUT2D eigenvalue weighted by molar-refractivity contribution is -0.138. The number of hydrogen-bond donors (Lipinski definition) is 1. The van der Waals surface area contributed by atoms with E-state index in [0.29, 0.717) is 12.6 Å². The Morgan fingerprint density at radius 3 is 2.45 bits per heavy atom. The highest BCUT2D eigenvalue weighted by Gasteiger charge is 2.25. The van der Waals surface area contributed by atoms with Crippen molar-refractivity contribution in [1.29, 1.82) is 0 Å². The largest absolute Gasteiger partial charge is 0.481 e. The van der Waals surface area contributed by atoms with Gasteiger partial charge in [0.2, 0.25) is 0 Å². The molecular formula is C16H31NO3. The Balaban J connectivity index is 2.27. The molecule has 118 valence electrons. The van der Waals surface area contributed by atoms with Gasteiger partial charge in [-0.25, -0.2) is 0 Å². The molecule has 0 aromatic carbocycles. The fourth-order valence-corrected chi connectivity index (χ4v) is 2.93. The summed E-state index contributed by atoms with van der Waals surface area (Å²) in [6.45, 7) is 9.41. The van der Waals surface area contributed by atoms with E-state index in [0.717, 1.165) is 31.8 Å². The number of aliphatic carboxylic acids is 1. The Morgan fingerprint density at radius 1 is 1.30 bits per heavy atom. The minimum atomic E-state index is -0.776. The predicted octanol–water partition coefficient (Wildman–Crippen LogP) is 3.16. The summed E-state index contributed by atoms with van der Waals surface area (Å²) in [5.41, 5.74) is 0. The molecule has 0 bridgehead atoms. The molecule has 0 amide bonds. The van der Waals surface area contributed by atoms with E-state index < -0.39 is 5.97 Å². The first kappa shape index (κ1) is 17.4. The molecule has 0 aliphatic carbocycles. The van der Waals surface area contributed by atoms with Gasteiger partial charge in [0.25, 0.3) is 0 Å². The predicted molar refractivity (Wildman–Crippen MR) is 81.0 cm³/mol. The van der Waals surface area contributed by atoms with Crippen LogP contribution in [-0.4, -0.2) is 47.8 Å². The maximum Gasteiger partial charge on any atom is 0.305 e. The standard InChI is InChI=1S/C16H31NO3/c1-4-13(3)12-14(5-2)17-9-6-15(7-10-17)20-11-8-16(18)19/h13-15H,4-12H2,1-3H3,(H,18,19). The molecular weight excluding hydrogens is 254 g/mol. The molecule has 1 saturated heterocycles. The number of carbonyl (C=O) groups is 1. The Bertz CT molecular complexity index is 275. The lowest BCUT2D eigenvalue weighted by atomic mass is 9.94. The van der Waals surface area contributed by atoms with Crippen LogP contribution in [0.2, 0.25) is 0 Å². The van der Waals surface area contributed by atoms with E-state index >= 15 is 0 Å². The van der Waals surface area contributed by atoms with Gasteiger partial charge in [0, 0.05) is 19.1 Å². The van der Waals surface area contributed by atoms with E-state index in [2.05, 4.69) is 25.7 Å². The molecule has 1 rings (SSSR count). The van der Waals surface area contributed by atoms with Gasteiger partial charge in [-0.3, -0.25) is 4.79 Å². The van der Waals surface area contributed by atoms with Crippen molar-refractivity contribution < 1.29 is 14.6 Å². The van der Waals surface area contributed by atoms with Crippen molar-refractivity contribution in [3.05, 3.63) is 0 Å². The number of nitrogens with zero attached hydrogens (tertiary/aromatic N) is 1. The van der Waals surface area contributed by atoms with E-state index in [1.807, 2.05) is 0 Å². The van der Waals surface area contributed by atoms with Crippen molar-refractivity contribution in [3.63, 3.8) is 0 Å². The van der Waals surface area contributed by atoms with Crippen LogP contribution >= 0.6 is 0 Å². The zero-order valence-corrected chi connectivity index (χ0v) is 13.3. The van der Waals surface area contributed by atoms with Gasteiger partial charge in [-0.1, -0.05) is 27.2 Å². The second-order valence-corrected chi connectivity index (χ2v) is 6.06. The van der Waals surface area contributed by atoms with Crippen molar-refractivity contribution in [2.45, 2.75) is 71.4 Å². The third kappa shape index (κ3) is 6.23. The Kier molecular flexibility index (Phi) is 8.15. The first-order valence-electron chi connectivity index (χ1n) is 8.14. The molecule has 1 fully saturated rings. The van der Waals surface area contributed by atoms with Crippen molar-refractivity contribution >= 4 is 5.97 Å². The summed E-state index contributed by atoms with van der Waals surface area (Å²) in [6, 6.07) is 0.699. The fraction of sp³-hybridized carbons (Fsp3) is 0.938. The van der Waals surface area contributed by atoms with Crippen LogP contribution < -0.4 is 0 Å². The van der Waals surface area contributed by atoms with E-state index in [4.69, 9.17) is 9.84 Å². The second kappa shape index (κ2) is 9.35. The average molecular weight is 285 g/mol. The summed E-state index contributed by atoms with van der Waals surface area (Å²) in [6.07, 6.45) is 6.21. The Labute approximate surface area is 123 Å². The first-order chi connectivity index (χ1) is 9.56. The molecule has 1 heterocycles. The van der Waals surface area contributed by atoms with E-state index in [1.165, 1.54) is 19.3 Å². The molecule has 1 aliphatic rings. The number of piperidine rings is 1. The quantitative estimate of drug-likeness (QED) is 0.707. The smallest absolute Gasteiger partial charge is 0.305 e. The van der Waals surface area contributed by atoms with Crippen molar-refractivity contribution in [2.75, 3.05) is 19.7 Å².